The third-order valence-electron chi connectivity index (χ3n) is 2.74. The molecule has 100 valence electrons. The van der Waals surface area contributed by atoms with Crippen molar-refractivity contribution in [3.8, 4) is 0 Å². The number of benzene rings is 1. The summed E-state index contributed by atoms with van der Waals surface area (Å²) < 4.78 is 14.2. The van der Waals surface area contributed by atoms with Crippen LogP contribution in [0.2, 0.25) is 5.02 Å². The Morgan fingerprint density at radius 1 is 1.42 bits per heavy atom. The fraction of sp³-hybridized carbons (Fsp3) is 0.231. The van der Waals surface area contributed by atoms with Gasteiger partial charge in [-0.2, -0.15) is 5.10 Å². The summed E-state index contributed by atoms with van der Waals surface area (Å²) in [7, 11) is 0. The first-order valence-corrected chi connectivity index (χ1v) is 6.13. The second kappa shape index (κ2) is 5.84. The van der Waals surface area contributed by atoms with E-state index in [0.717, 1.165) is 11.3 Å². The Labute approximate surface area is 115 Å². The van der Waals surface area contributed by atoms with Gasteiger partial charge in [0.2, 0.25) is 5.91 Å². The number of nitrogens with zero attached hydrogens (tertiary/aromatic N) is 2. The highest BCUT2D eigenvalue weighted by Crippen LogP contribution is 2.12. The smallest absolute Gasteiger partial charge is 0.242 e. The lowest BCUT2D eigenvalue weighted by Gasteiger charge is -2.07. The molecule has 0 aliphatic carbocycles. The number of halogens is 2. The molecule has 0 fully saturated rings. The van der Waals surface area contributed by atoms with Gasteiger partial charge in [0.1, 0.15) is 12.4 Å². The molecule has 4 nitrogen and oxygen atoms in total. The maximum absolute atomic E-state index is 12.7. The van der Waals surface area contributed by atoms with Crippen molar-refractivity contribution < 1.29 is 9.18 Å². The molecule has 2 aromatic rings. The van der Waals surface area contributed by atoms with E-state index in [0.29, 0.717) is 11.6 Å². The summed E-state index contributed by atoms with van der Waals surface area (Å²) in [6, 6.07) is 5.98. The Morgan fingerprint density at radius 2 is 2.11 bits per heavy atom. The van der Waals surface area contributed by atoms with Gasteiger partial charge >= 0.3 is 0 Å². The van der Waals surface area contributed by atoms with Crippen LogP contribution in [0.15, 0.2) is 30.5 Å². The van der Waals surface area contributed by atoms with Gasteiger partial charge in [-0.3, -0.25) is 9.48 Å². The largest absolute Gasteiger partial charge is 0.350 e. The molecule has 6 heteroatoms. The van der Waals surface area contributed by atoms with Crippen LogP contribution in [-0.4, -0.2) is 15.7 Å². The maximum Gasteiger partial charge on any atom is 0.242 e. The van der Waals surface area contributed by atoms with Gasteiger partial charge in [-0.25, -0.2) is 4.39 Å². The molecule has 0 radical (unpaired) electrons. The van der Waals surface area contributed by atoms with Crippen molar-refractivity contribution in [2.75, 3.05) is 0 Å². The number of rotatable bonds is 4. The predicted octanol–water partition coefficient (Wildman–Crippen LogP) is 2.30. The van der Waals surface area contributed by atoms with Gasteiger partial charge in [0, 0.05) is 6.54 Å². The molecule has 0 atom stereocenters. The van der Waals surface area contributed by atoms with E-state index in [2.05, 4.69) is 10.4 Å². The summed E-state index contributed by atoms with van der Waals surface area (Å²) in [4.78, 5) is 11.7. The lowest BCUT2D eigenvalue weighted by Crippen LogP contribution is -2.27. The molecule has 2 rings (SSSR count). The third kappa shape index (κ3) is 3.54. The Bertz CT molecular complexity index is 580. The minimum absolute atomic E-state index is 0.111. The number of aromatic nitrogens is 2. The van der Waals surface area contributed by atoms with Crippen LogP contribution >= 0.6 is 11.6 Å². The second-order valence-electron chi connectivity index (χ2n) is 4.14. The van der Waals surface area contributed by atoms with Gasteiger partial charge in [0.15, 0.2) is 0 Å². The molecule has 0 unspecified atom stereocenters. The zero-order valence-electron chi connectivity index (χ0n) is 10.4. The number of hydrogen-bond donors (Lipinski definition) is 1. The lowest BCUT2D eigenvalue weighted by molar-refractivity contribution is -0.122. The van der Waals surface area contributed by atoms with Crippen molar-refractivity contribution in [2.45, 2.75) is 20.0 Å². The number of nitrogens with one attached hydrogen (secondary N) is 1. The number of carbonyl (C=O) groups is 1. The van der Waals surface area contributed by atoms with Gasteiger partial charge in [-0.1, -0.05) is 23.7 Å². The summed E-state index contributed by atoms with van der Waals surface area (Å²) >= 11 is 5.85. The van der Waals surface area contributed by atoms with Crippen molar-refractivity contribution in [1.29, 1.82) is 0 Å². The van der Waals surface area contributed by atoms with Crippen molar-refractivity contribution >= 4 is 17.5 Å². The fourth-order valence-corrected chi connectivity index (χ4v) is 1.72. The van der Waals surface area contributed by atoms with Crippen molar-refractivity contribution in [2.24, 2.45) is 0 Å². The van der Waals surface area contributed by atoms with E-state index in [1.165, 1.54) is 23.0 Å². The van der Waals surface area contributed by atoms with Crippen molar-refractivity contribution in [1.82, 2.24) is 15.1 Å². The SMILES string of the molecule is Cc1c(Cl)cnn1CC(=O)NCc1ccc(F)cc1. The second-order valence-corrected chi connectivity index (χ2v) is 4.55. The highest BCUT2D eigenvalue weighted by Gasteiger charge is 2.08. The van der Waals surface area contributed by atoms with E-state index in [1.807, 2.05) is 0 Å². The highest BCUT2D eigenvalue weighted by molar-refractivity contribution is 6.31. The number of amides is 1. The standard InChI is InChI=1S/C13H13ClFN3O/c1-9-12(14)7-17-18(9)8-13(19)16-6-10-2-4-11(15)5-3-10/h2-5,7H,6,8H2,1H3,(H,16,19). The molecule has 0 saturated carbocycles. The van der Waals surface area contributed by atoms with Crippen LogP contribution < -0.4 is 5.32 Å². The van der Waals surface area contributed by atoms with E-state index in [4.69, 9.17) is 11.6 Å². The Hall–Kier alpha value is -1.88. The molecule has 1 heterocycles. The average molecular weight is 282 g/mol. The fourth-order valence-electron chi connectivity index (χ4n) is 1.58. The molecule has 1 aromatic carbocycles. The van der Waals surface area contributed by atoms with E-state index in [9.17, 15) is 9.18 Å². The molecule has 0 bridgehead atoms. The third-order valence-corrected chi connectivity index (χ3v) is 3.11. The minimum atomic E-state index is -0.295. The molecule has 19 heavy (non-hydrogen) atoms. The first-order chi connectivity index (χ1) is 9.06. The van der Waals surface area contributed by atoms with Crippen LogP contribution in [0.3, 0.4) is 0 Å². The first kappa shape index (κ1) is 13.5. The van der Waals surface area contributed by atoms with E-state index in [-0.39, 0.29) is 18.3 Å². The van der Waals surface area contributed by atoms with Crippen LogP contribution in [0.5, 0.6) is 0 Å². The summed E-state index contributed by atoms with van der Waals surface area (Å²) in [6.07, 6.45) is 1.50. The molecule has 1 amide bonds. The highest BCUT2D eigenvalue weighted by atomic mass is 35.5. The molecule has 0 saturated heterocycles. The van der Waals surface area contributed by atoms with Crippen LogP contribution in [0, 0.1) is 12.7 Å². The topological polar surface area (TPSA) is 46.9 Å². The lowest BCUT2D eigenvalue weighted by atomic mass is 10.2. The van der Waals surface area contributed by atoms with Gasteiger partial charge in [0.25, 0.3) is 0 Å². The summed E-state index contributed by atoms with van der Waals surface area (Å²) in [6.45, 7) is 2.26. The van der Waals surface area contributed by atoms with Crippen LogP contribution in [0.25, 0.3) is 0 Å². The molecule has 0 spiro atoms. The van der Waals surface area contributed by atoms with E-state index in [1.54, 1.807) is 19.1 Å². The Balaban J connectivity index is 1.88. The van der Waals surface area contributed by atoms with E-state index >= 15 is 0 Å². The van der Waals surface area contributed by atoms with Gasteiger partial charge in [0.05, 0.1) is 16.9 Å². The molecular formula is C13H13ClFN3O. The molecular weight excluding hydrogens is 269 g/mol. The quantitative estimate of drug-likeness (QED) is 0.935. The van der Waals surface area contributed by atoms with Crippen LogP contribution in [0.4, 0.5) is 4.39 Å². The first-order valence-electron chi connectivity index (χ1n) is 5.75. The Morgan fingerprint density at radius 3 is 2.68 bits per heavy atom. The average Bonchev–Trinajstić information content (AvgIpc) is 2.70. The summed E-state index contributed by atoms with van der Waals surface area (Å²) in [5, 5.41) is 7.27. The van der Waals surface area contributed by atoms with Crippen LogP contribution in [0.1, 0.15) is 11.3 Å². The predicted molar refractivity (Wildman–Crippen MR) is 70.2 cm³/mol. The number of carbonyl (C=O) groups excluding carboxylic acids is 1. The Kier molecular flexibility index (Phi) is 4.16. The molecule has 1 aromatic heterocycles. The molecule has 0 aliphatic heterocycles. The van der Waals surface area contributed by atoms with Gasteiger partial charge in [-0.15, -0.1) is 0 Å². The monoisotopic (exact) mass is 281 g/mol. The minimum Gasteiger partial charge on any atom is -0.350 e. The molecule has 0 aliphatic rings. The van der Waals surface area contributed by atoms with Crippen molar-refractivity contribution in [3.63, 3.8) is 0 Å². The maximum atomic E-state index is 12.7. The normalized spacial score (nSPS) is 10.5. The van der Waals surface area contributed by atoms with Gasteiger partial charge < -0.3 is 5.32 Å². The number of hydrogen-bond acceptors (Lipinski definition) is 2. The van der Waals surface area contributed by atoms with E-state index < -0.39 is 0 Å². The summed E-state index contributed by atoms with van der Waals surface area (Å²) in [5.74, 6) is -0.468. The summed E-state index contributed by atoms with van der Waals surface area (Å²) in [5.41, 5.74) is 1.59. The zero-order chi connectivity index (χ0) is 13.8. The van der Waals surface area contributed by atoms with Gasteiger partial charge in [-0.05, 0) is 24.6 Å². The molecule has 1 N–H and O–H groups in total. The zero-order valence-corrected chi connectivity index (χ0v) is 11.1. The van der Waals surface area contributed by atoms with Crippen LogP contribution in [-0.2, 0) is 17.9 Å². The van der Waals surface area contributed by atoms with Crippen molar-refractivity contribution in [3.05, 3.63) is 52.6 Å².